The van der Waals surface area contributed by atoms with Gasteiger partial charge in [-0.05, 0) is 24.3 Å². The van der Waals surface area contributed by atoms with Crippen LogP contribution in [0.25, 0.3) is 0 Å². The summed E-state index contributed by atoms with van der Waals surface area (Å²) >= 11 is 7.24. The minimum absolute atomic E-state index is 0.233. The Kier molecular flexibility index (Phi) is 4.14. The summed E-state index contributed by atoms with van der Waals surface area (Å²) < 4.78 is 0.704. The monoisotopic (exact) mass is 282 g/mol. The number of nitrogens with one attached hydrogen (secondary N) is 2. The molecule has 7 heteroatoms. The molecule has 0 fully saturated rings. The van der Waals surface area contributed by atoms with Gasteiger partial charge in [-0.1, -0.05) is 11.6 Å². The van der Waals surface area contributed by atoms with Crippen LogP contribution in [-0.2, 0) is 6.54 Å². The molecule has 2 heterocycles. The molecule has 0 unspecified atom stereocenters. The number of aromatic nitrogens is 1. The minimum atomic E-state index is -0.233. The van der Waals surface area contributed by atoms with Crippen LogP contribution < -0.4 is 16.6 Å². The zero-order valence-corrected chi connectivity index (χ0v) is 10.9. The number of carbonyl (C=O) groups is 1. The predicted molar refractivity (Wildman–Crippen MR) is 72.5 cm³/mol. The van der Waals surface area contributed by atoms with Crippen LogP contribution in [0.2, 0.25) is 4.34 Å². The van der Waals surface area contributed by atoms with Crippen LogP contribution in [0.3, 0.4) is 0 Å². The van der Waals surface area contributed by atoms with Gasteiger partial charge in [0.05, 0.1) is 22.8 Å². The highest BCUT2D eigenvalue weighted by Crippen LogP contribution is 2.21. The van der Waals surface area contributed by atoms with E-state index in [4.69, 9.17) is 17.4 Å². The van der Waals surface area contributed by atoms with E-state index < -0.39 is 0 Å². The molecule has 0 radical (unpaired) electrons. The number of nitrogens with two attached hydrogens (primary N) is 1. The number of amides is 1. The third-order valence-corrected chi connectivity index (χ3v) is 3.45. The van der Waals surface area contributed by atoms with Gasteiger partial charge in [0, 0.05) is 4.88 Å². The van der Waals surface area contributed by atoms with E-state index in [2.05, 4.69) is 15.7 Å². The summed E-state index contributed by atoms with van der Waals surface area (Å²) in [5, 5.41) is 2.76. The second kappa shape index (κ2) is 5.81. The Bertz CT molecular complexity index is 540. The van der Waals surface area contributed by atoms with E-state index >= 15 is 0 Å². The highest BCUT2D eigenvalue weighted by atomic mass is 35.5. The van der Waals surface area contributed by atoms with Crippen LogP contribution >= 0.6 is 22.9 Å². The average molecular weight is 283 g/mol. The molecular formula is C11H11ClN4OS. The van der Waals surface area contributed by atoms with Crippen molar-refractivity contribution in [2.45, 2.75) is 6.54 Å². The van der Waals surface area contributed by atoms with Crippen molar-refractivity contribution in [1.29, 1.82) is 0 Å². The topological polar surface area (TPSA) is 80.0 Å². The van der Waals surface area contributed by atoms with Crippen molar-refractivity contribution in [2.24, 2.45) is 5.84 Å². The zero-order chi connectivity index (χ0) is 13.0. The molecule has 0 spiro atoms. The molecule has 0 saturated heterocycles. The highest BCUT2D eigenvalue weighted by molar-refractivity contribution is 7.16. The number of hydrogen-bond donors (Lipinski definition) is 3. The Morgan fingerprint density at radius 3 is 2.78 bits per heavy atom. The van der Waals surface area contributed by atoms with Crippen LogP contribution in [0, 0.1) is 0 Å². The predicted octanol–water partition coefficient (Wildman–Crippen LogP) is 2.01. The second-order valence-electron chi connectivity index (χ2n) is 3.46. The van der Waals surface area contributed by atoms with Crippen LogP contribution in [0.4, 0.5) is 5.69 Å². The molecule has 0 saturated carbocycles. The van der Waals surface area contributed by atoms with E-state index in [9.17, 15) is 4.79 Å². The van der Waals surface area contributed by atoms with Gasteiger partial charge in [-0.2, -0.15) is 0 Å². The third kappa shape index (κ3) is 3.19. The van der Waals surface area contributed by atoms with Gasteiger partial charge in [0.1, 0.15) is 5.69 Å². The first-order valence-electron chi connectivity index (χ1n) is 5.14. The van der Waals surface area contributed by atoms with E-state index in [-0.39, 0.29) is 5.91 Å². The Hall–Kier alpha value is -1.63. The van der Waals surface area contributed by atoms with Gasteiger partial charge in [0.15, 0.2) is 0 Å². The maximum absolute atomic E-state index is 11.8. The lowest BCUT2D eigenvalue weighted by Crippen LogP contribution is -2.23. The van der Waals surface area contributed by atoms with Gasteiger partial charge >= 0.3 is 0 Å². The summed E-state index contributed by atoms with van der Waals surface area (Å²) in [6.45, 7) is 0.439. The molecular weight excluding hydrogens is 272 g/mol. The van der Waals surface area contributed by atoms with E-state index in [1.54, 1.807) is 18.2 Å². The first kappa shape index (κ1) is 12.8. The van der Waals surface area contributed by atoms with E-state index in [0.717, 1.165) is 4.88 Å². The number of nitrogens with zero attached hydrogens (tertiary/aromatic N) is 1. The highest BCUT2D eigenvalue weighted by Gasteiger charge is 2.07. The normalized spacial score (nSPS) is 10.1. The number of anilines is 1. The first-order chi connectivity index (χ1) is 8.69. The van der Waals surface area contributed by atoms with Crippen LogP contribution in [0.15, 0.2) is 30.5 Å². The third-order valence-electron chi connectivity index (χ3n) is 2.21. The molecule has 0 atom stereocenters. The molecule has 0 aliphatic heterocycles. The summed E-state index contributed by atoms with van der Waals surface area (Å²) in [6.07, 6.45) is 1.50. The van der Waals surface area contributed by atoms with Gasteiger partial charge in [-0.15, -0.1) is 11.3 Å². The molecule has 18 heavy (non-hydrogen) atoms. The Labute approximate surface area is 113 Å². The SMILES string of the molecule is NNc1ccc(C(=O)NCc2ccc(Cl)s2)nc1. The number of halogens is 1. The van der Waals surface area contributed by atoms with Crippen molar-refractivity contribution >= 4 is 34.5 Å². The molecule has 0 bridgehead atoms. The molecule has 4 N–H and O–H groups in total. The second-order valence-corrected chi connectivity index (χ2v) is 5.26. The van der Waals surface area contributed by atoms with Gasteiger partial charge in [0.2, 0.25) is 0 Å². The van der Waals surface area contributed by atoms with Gasteiger partial charge < -0.3 is 10.7 Å². The molecule has 94 valence electrons. The maximum atomic E-state index is 11.8. The molecule has 0 aliphatic rings. The van der Waals surface area contributed by atoms with Crippen LogP contribution in [0.1, 0.15) is 15.4 Å². The summed E-state index contributed by atoms with van der Waals surface area (Å²) in [5.41, 5.74) is 3.44. The van der Waals surface area contributed by atoms with Gasteiger partial charge in [0.25, 0.3) is 5.91 Å². The van der Waals surface area contributed by atoms with E-state index in [1.165, 1.54) is 17.5 Å². The number of pyridine rings is 1. The number of hydrogen-bond acceptors (Lipinski definition) is 5. The van der Waals surface area contributed by atoms with Gasteiger partial charge in [-0.3, -0.25) is 10.6 Å². The molecule has 5 nitrogen and oxygen atoms in total. The molecule has 1 amide bonds. The fraction of sp³-hybridized carbons (Fsp3) is 0.0909. The van der Waals surface area contributed by atoms with Crippen LogP contribution in [-0.4, -0.2) is 10.9 Å². The number of hydrazine groups is 1. The summed E-state index contributed by atoms with van der Waals surface area (Å²) in [6, 6.07) is 6.96. The zero-order valence-electron chi connectivity index (χ0n) is 9.31. The maximum Gasteiger partial charge on any atom is 0.270 e. The Morgan fingerprint density at radius 2 is 2.22 bits per heavy atom. The van der Waals surface area contributed by atoms with Crippen molar-refractivity contribution < 1.29 is 4.79 Å². The molecule has 2 aromatic heterocycles. The number of rotatable bonds is 4. The largest absolute Gasteiger partial charge is 0.346 e. The van der Waals surface area contributed by atoms with E-state index in [0.29, 0.717) is 22.3 Å². The molecule has 2 rings (SSSR count). The van der Waals surface area contributed by atoms with Gasteiger partial charge in [-0.25, -0.2) is 4.98 Å². The lowest BCUT2D eigenvalue weighted by atomic mass is 10.3. The smallest absolute Gasteiger partial charge is 0.270 e. The number of thiophene rings is 1. The summed E-state index contributed by atoms with van der Waals surface area (Å²) in [7, 11) is 0. The fourth-order valence-electron chi connectivity index (χ4n) is 1.32. The lowest BCUT2D eigenvalue weighted by molar-refractivity contribution is 0.0946. The van der Waals surface area contributed by atoms with Crippen molar-refractivity contribution in [3.05, 3.63) is 45.4 Å². The van der Waals surface area contributed by atoms with Crippen LogP contribution in [0.5, 0.6) is 0 Å². The Morgan fingerprint density at radius 1 is 1.39 bits per heavy atom. The quantitative estimate of drug-likeness (QED) is 0.592. The summed E-state index contributed by atoms with van der Waals surface area (Å²) in [5.74, 6) is 4.98. The van der Waals surface area contributed by atoms with Crippen molar-refractivity contribution in [3.8, 4) is 0 Å². The lowest BCUT2D eigenvalue weighted by Gasteiger charge is -2.04. The minimum Gasteiger partial charge on any atom is -0.346 e. The number of carbonyl (C=O) groups excluding carboxylic acids is 1. The average Bonchev–Trinajstić information content (AvgIpc) is 2.82. The standard InChI is InChI=1S/C11H11ClN4OS/c12-10-4-2-8(18-10)6-15-11(17)9-3-1-7(16-13)5-14-9/h1-5,16H,6,13H2,(H,15,17). The van der Waals surface area contributed by atoms with E-state index in [1.807, 2.05) is 6.07 Å². The fourth-order valence-corrected chi connectivity index (χ4v) is 2.35. The molecule has 0 aromatic carbocycles. The summed E-state index contributed by atoms with van der Waals surface area (Å²) in [4.78, 5) is 16.8. The molecule has 0 aliphatic carbocycles. The Balaban J connectivity index is 1.94. The van der Waals surface area contributed by atoms with Crippen molar-refractivity contribution in [3.63, 3.8) is 0 Å². The van der Waals surface area contributed by atoms with Crippen molar-refractivity contribution in [1.82, 2.24) is 10.3 Å². The van der Waals surface area contributed by atoms with Crippen molar-refractivity contribution in [2.75, 3.05) is 5.43 Å². The molecule has 2 aromatic rings. The first-order valence-corrected chi connectivity index (χ1v) is 6.33. The number of nitrogen functional groups attached to an aromatic ring is 1.